The van der Waals surface area contributed by atoms with Crippen molar-refractivity contribution < 1.29 is 9.15 Å². The van der Waals surface area contributed by atoms with Crippen molar-refractivity contribution in [1.82, 2.24) is 0 Å². The van der Waals surface area contributed by atoms with Crippen LogP contribution < -0.4 is 9.64 Å². The van der Waals surface area contributed by atoms with Gasteiger partial charge in [-0.15, -0.1) is 0 Å². The van der Waals surface area contributed by atoms with Crippen molar-refractivity contribution in [3.63, 3.8) is 0 Å². The number of ether oxygens (including phenoxy) is 1. The first-order valence-electron chi connectivity index (χ1n) is 19.2. The van der Waals surface area contributed by atoms with Gasteiger partial charge in [-0.1, -0.05) is 133 Å². The van der Waals surface area contributed by atoms with E-state index >= 15 is 0 Å². The van der Waals surface area contributed by atoms with Gasteiger partial charge in [-0.25, -0.2) is 0 Å². The lowest BCUT2D eigenvalue weighted by molar-refractivity contribution is 0.436. The summed E-state index contributed by atoms with van der Waals surface area (Å²) in [5, 5.41) is 4.64. The molecule has 0 saturated heterocycles. The van der Waals surface area contributed by atoms with Crippen molar-refractivity contribution in [3.8, 4) is 33.8 Å². The van der Waals surface area contributed by atoms with E-state index < -0.39 is 5.41 Å². The van der Waals surface area contributed by atoms with Crippen LogP contribution in [0.1, 0.15) is 22.3 Å². The topological polar surface area (TPSA) is 25.6 Å². The zero-order valence-electron chi connectivity index (χ0n) is 30.3. The average Bonchev–Trinajstić information content (AvgIpc) is 3.76. The van der Waals surface area contributed by atoms with Gasteiger partial charge in [0, 0.05) is 38.8 Å². The second kappa shape index (κ2) is 11.8. The molecule has 3 nitrogen and oxygen atoms in total. The fraction of sp³-hybridized carbons (Fsp3) is 0.0189. The van der Waals surface area contributed by atoms with Gasteiger partial charge in [-0.3, -0.25) is 0 Å². The van der Waals surface area contributed by atoms with Gasteiger partial charge < -0.3 is 14.1 Å². The van der Waals surface area contributed by atoms with Crippen LogP contribution in [0, 0.1) is 0 Å². The summed E-state index contributed by atoms with van der Waals surface area (Å²) in [7, 11) is 0. The first kappa shape index (κ1) is 31.0. The molecule has 1 aliphatic heterocycles. The monoisotopic (exact) mass is 715 g/mol. The van der Waals surface area contributed by atoms with E-state index in [0.717, 1.165) is 72.8 Å². The molecule has 0 bridgehead atoms. The first-order valence-corrected chi connectivity index (χ1v) is 19.2. The fourth-order valence-electron chi connectivity index (χ4n) is 9.52. The molecule has 1 aliphatic carbocycles. The fourth-order valence-corrected chi connectivity index (χ4v) is 9.52. The number of benzene rings is 9. The predicted octanol–water partition coefficient (Wildman–Crippen LogP) is 14.3. The van der Waals surface area contributed by atoms with Gasteiger partial charge >= 0.3 is 0 Å². The lowest BCUT2D eigenvalue weighted by Crippen LogP contribution is -2.32. The summed E-state index contributed by atoms with van der Waals surface area (Å²) in [4.78, 5) is 2.42. The number of rotatable bonds is 4. The van der Waals surface area contributed by atoms with Gasteiger partial charge in [0.05, 0.1) is 11.1 Å². The Kier molecular flexibility index (Phi) is 6.55. The molecule has 0 amide bonds. The smallest absolute Gasteiger partial charge is 0.135 e. The molecule has 1 aromatic heterocycles. The second-order valence-electron chi connectivity index (χ2n) is 14.8. The lowest BCUT2D eigenvalue weighted by Gasteiger charge is -2.40. The number of para-hydroxylation sites is 4. The minimum absolute atomic E-state index is 0.620. The molecular formula is C53H33NO2. The molecule has 0 fully saturated rings. The number of nitrogens with zero attached hydrogens (tertiary/aromatic N) is 1. The van der Waals surface area contributed by atoms with Crippen LogP contribution in [-0.2, 0) is 5.41 Å². The van der Waals surface area contributed by atoms with Crippen LogP contribution in [0.15, 0.2) is 205 Å². The Hall–Kier alpha value is -7.36. The third kappa shape index (κ3) is 4.34. The van der Waals surface area contributed by atoms with Crippen molar-refractivity contribution in [2.45, 2.75) is 5.41 Å². The maximum Gasteiger partial charge on any atom is 0.135 e. The van der Waals surface area contributed by atoms with Crippen LogP contribution >= 0.6 is 0 Å². The minimum atomic E-state index is -0.620. The Morgan fingerprint density at radius 2 is 0.982 bits per heavy atom. The summed E-state index contributed by atoms with van der Waals surface area (Å²) in [6.07, 6.45) is 0. The van der Waals surface area contributed by atoms with Gasteiger partial charge in [-0.2, -0.15) is 0 Å². The molecule has 56 heavy (non-hydrogen) atoms. The molecule has 1 spiro atoms. The Morgan fingerprint density at radius 3 is 1.80 bits per heavy atom. The normalized spacial score (nSPS) is 13.3. The van der Waals surface area contributed by atoms with Gasteiger partial charge in [0.1, 0.15) is 22.7 Å². The van der Waals surface area contributed by atoms with Gasteiger partial charge in [0.2, 0.25) is 0 Å². The first-order chi connectivity index (χ1) is 27.8. The van der Waals surface area contributed by atoms with Crippen molar-refractivity contribution in [2.75, 3.05) is 4.90 Å². The molecule has 2 aliphatic rings. The maximum atomic E-state index is 6.71. The van der Waals surface area contributed by atoms with Crippen LogP contribution in [0.4, 0.5) is 17.1 Å². The number of hydrogen-bond donors (Lipinski definition) is 0. The molecule has 3 heteroatoms. The molecule has 0 N–H and O–H groups in total. The summed E-state index contributed by atoms with van der Waals surface area (Å²) in [6, 6.07) is 72.1. The van der Waals surface area contributed by atoms with E-state index in [-0.39, 0.29) is 0 Å². The molecular weight excluding hydrogens is 683 g/mol. The Bertz CT molecular complexity index is 3150. The summed E-state index contributed by atoms with van der Waals surface area (Å²) in [6.45, 7) is 0. The molecule has 12 rings (SSSR count). The SMILES string of the molecule is c1ccc(-c2ccccc2N(c2ccc3c(c2)C2(c4ccccc4Oc4ccccc42)c2cc4ccccc4cc2-3)c2ccc3oc4ccccc4c3c2)cc1. The number of hydrogen-bond acceptors (Lipinski definition) is 3. The highest BCUT2D eigenvalue weighted by molar-refractivity contribution is 6.07. The third-order valence-corrected chi connectivity index (χ3v) is 11.9. The van der Waals surface area contributed by atoms with Crippen molar-refractivity contribution >= 4 is 49.8 Å². The van der Waals surface area contributed by atoms with E-state index in [1.165, 1.54) is 33.0 Å². The van der Waals surface area contributed by atoms with Crippen molar-refractivity contribution in [2.24, 2.45) is 0 Å². The van der Waals surface area contributed by atoms with E-state index in [1.54, 1.807) is 0 Å². The van der Waals surface area contributed by atoms with E-state index in [0.29, 0.717) is 0 Å². The highest BCUT2D eigenvalue weighted by Gasteiger charge is 2.51. The number of furan rings is 1. The standard InChI is InChI=1S/C53H33NO2/c1-2-14-34(15-3-1)39-18-6-10-22-48(39)54(37-27-29-50-43(32-37)41-19-7-11-23-49(41)55-50)38-26-28-40-42-30-35-16-4-5-17-36(35)31-46(42)53(47(40)33-38)44-20-8-12-24-51(44)56-52-25-13-9-21-45(52)53/h1-33H. The number of fused-ring (bicyclic) bond motifs is 13. The molecule has 10 aromatic rings. The maximum absolute atomic E-state index is 6.71. The van der Waals surface area contributed by atoms with Crippen LogP contribution in [0.3, 0.4) is 0 Å². The van der Waals surface area contributed by atoms with Gasteiger partial charge in [0.25, 0.3) is 0 Å². The van der Waals surface area contributed by atoms with Crippen molar-refractivity contribution in [1.29, 1.82) is 0 Å². The zero-order valence-corrected chi connectivity index (χ0v) is 30.3. The van der Waals surface area contributed by atoms with E-state index in [9.17, 15) is 0 Å². The van der Waals surface area contributed by atoms with Crippen LogP contribution in [0.25, 0.3) is 55.0 Å². The molecule has 0 unspecified atom stereocenters. The molecule has 0 saturated carbocycles. The van der Waals surface area contributed by atoms with Crippen molar-refractivity contribution in [3.05, 3.63) is 222 Å². The largest absolute Gasteiger partial charge is 0.457 e. The second-order valence-corrected chi connectivity index (χ2v) is 14.8. The molecule has 9 aromatic carbocycles. The molecule has 0 atom stereocenters. The summed E-state index contributed by atoms with van der Waals surface area (Å²) >= 11 is 0. The summed E-state index contributed by atoms with van der Waals surface area (Å²) < 4.78 is 13.0. The highest BCUT2D eigenvalue weighted by atomic mass is 16.5. The molecule has 262 valence electrons. The molecule has 2 heterocycles. The third-order valence-electron chi connectivity index (χ3n) is 11.9. The Balaban J connectivity index is 1.18. The quantitative estimate of drug-likeness (QED) is 0.181. The summed E-state index contributed by atoms with van der Waals surface area (Å²) in [5.74, 6) is 1.76. The van der Waals surface area contributed by atoms with Crippen LogP contribution in [0.5, 0.6) is 11.5 Å². The van der Waals surface area contributed by atoms with E-state index in [4.69, 9.17) is 9.15 Å². The Morgan fingerprint density at radius 1 is 0.375 bits per heavy atom. The minimum Gasteiger partial charge on any atom is -0.457 e. The molecule has 0 radical (unpaired) electrons. The van der Waals surface area contributed by atoms with E-state index in [2.05, 4.69) is 193 Å². The van der Waals surface area contributed by atoms with Gasteiger partial charge in [0.15, 0.2) is 0 Å². The predicted molar refractivity (Wildman–Crippen MR) is 229 cm³/mol. The summed E-state index contributed by atoms with van der Waals surface area (Å²) in [5.41, 5.74) is 13.9. The number of anilines is 3. The lowest BCUT2D eigenvalue weighted by atomic mass is 9.66. The zero-order chi connectivity index (χ0) is 36.8. The highest BCUT2D eigenvalue weighted by Crippen LogP contribution is 2.63. The van der Waals surface area contributed by atoms with Crippen LogP contribution in [0.2, 0.25) is 0 Å². The van der Waals surface area contributed by atoms with Crippen LogP contribution in [-0.4, -0.2) is 0 Å². The average molecular weight is 716 g/mol. The Labute approximate surface area is 324 Å². The van der Waals surface area contributed by atoms with Gasteiger partial charge in [-0.05, 0) is 105 Å². The van der Waals surface area contributed by atoms with E-state index in [1.807, 2.05) is 12.1 Å².